The monoisotopic (exact) mass is 228 g/mol. The summed E-state index contributed by atoms with van der Waals surface area (Å²) in [5, 5.41) is 1.16. The molecule has 0 fully saturated rings. The highest BCUT2D eigenvalue weighted by molar-refractivity contribution is 5.79. The third-order valence-corrected chi connectivity index (χ3v) is 3.74. The Morgan fingerprint density at radius 3 is 2.76 bits per heavy atom. The van der Waals surface area contributed by atoms with Gasteiger partial charge >= 0.3 is 0 Å². The normalized spacial score (nSPS) is 13.9. The van der Waals surface area contributed by atoms with Gasteiger partial charge in [0.15, 0.2) is 0 Å². The van der Waals surface area contributed by atoms with Gasteiger partial charge in [0.2, 0.25) is 0 Å². The lowest BCUT2D eigenvalue weighted by Gasteiger charge is -2.30. The number of fused-ring (bicyclic) bond motifs is 1. The van der Waals surface area contributed by atoms with Crippen LogP contribution in [-0.4, -0.2) is 4.98 Å². The topological polar surface area (TPSA) is 38.9 Å². The molecule has 0 radical (unpaired) electrons. The minimum absolute atomic E-state index is 0.0545. The highest BCUT2D eigenvalue weighted by Crippen LogP contribution is 2.34. The van der Waals surface area contributed by atoms with Gasteiger partial charge in [0.05, 0.1) is 5.52 Å². The van der Waals surface area contributed by atoms with E-state index in [0.717, 1.165) is 17.3 Å². The van der Waals surface area contributed by atoms with Crippen LogP contribution in [0.25, 0.3) is 10.9 Å². The Morgan fingerprint density at radius 2 is 2.06 bits per heavy atom. The molecule has 17 heavy (non-hydrogen) atoms. The van der Waals surface area contributed by atoms with E-state index < -0.39 is 0 Å². The van der Waals surface area contributed by atoms with E-state index >= 15 is 0 Å². The summed E-state index contributed by atoms with van der Waals surface area (Å²) in [5.41, 5.74) is 8.65. The van der Waals surface area contributed by atoms with Crippen LogP contribution < -0.4 is 5.73 Å². The van der Waals surface area contributed by atoms with Crippen LogP contribution in [-0.2, 0) is 0 Å². The summed E-state index contributed by atoms with van der Waals surface area (Å²) in [6.45, 7) is 6.60. The summed E-state index contributed by atoms with van der Waals surface area (Å²) in [6.07, 6.45) is 2.89. The average molecular weight is 228 g/mol. The minimum atomic E-state index is 0.0545. The Kier molecular flexibility index (Phi) is 3.16. The van der Waals surface area contributed by atoms with Crippen molar-refractivity contribution in [2.75, 3.05) is 0 Å². The van der Waals surface area contributed by atoms with Crippen LogP contribution in [0.2, 0.25) is 0 Å². The van der Waals surface area contributed by atoms with E-state index in [9.17, 15) is 0 Å². The van der Waals surface area contributed by atoms with Gasteiger partial charge in [-0.2, -0.15) is 0 Å². The number of hydrogen-bond donors (Lipinski definition) is 1. The van der Waals surface area contributed by atoms with E-state index in [4.69, 9.17) is 5.73 Å². The maximum absolute atomic E-state index is 6.35. The molecule has 1 aromatic heterocycles. The number of hydrogen-bond acceptors (Lipinski definition) is 2. The Morgan fingerprint density at radius 1 is 1.29 bits per heavy atom. The van der Waals surface area contributed by atoms with Crippen LogP contribution in [0, 0.1) is 5.41 Å². The lowest BCUT2D eigenvalue weighted by atomic mass is 9.79. The lowest BCUT2D eigenvalue weighted by molar-refractivity contribution is 0.278. The zero-order chi connectivity index (χ0) is 12.5. The molecule has 2 N–H and O–H groups in total. The largest absolute Gasteiger partial charge is 0.324 e. The molecule has 1 unspecified atom stereocenters. The smallest absolute Gasteiger partial charge is 0.0705 e. The van der Waals surface area contributed by atoms with Crippen molar-refractivity contribution < 1.29 is 0 Å². The minimum Gasteiger partial charge on any atom is -0.324 e. The number of aromatic nitrogens is 1. The van der Waals surface area contributed by atoms with Crippen LogP contribution >= 0.6 is 0 Å². The van der Waals surface area contributed by atoms with Gasteiger partial charge in [-0.25, -0.2) is 0 Å². The van der Waals surface area contributed by atoms with Gasteiger partial charge in [-0.05, 0) is 29.5 Å². The van der Waals surface area contributed by atoms with Gasteiger partial charge in [0.25, 0.3) is 0 Å². The fourth-order valence-electron chi connectivity index (χ4n) is 1.95. The second-order valence-electron chi connectivity index (χ2n) is 5.28. The molecule has 0 amide bonds. The molecule has 2 aromatic rings. The van der Waals surface area contributed by atoms with Crippen molar-refractivity contribution in [1.29, 1.82) is 0 Å². The molecule has 1 atom stereocenters. The number of nitrogens with zero attached hydrogens (tertiary/aromatic N) is 1. The molecule has 1 aromatic carbocycles. The van der Waals surface area contributed by atoms with Gasteiger partial charge in [-0.1, -0.05) is 39.0 Å². The Balaban J connectivity index is 2.43. The summed E-state index contributed by atoms with van der Waals surface area (Å²) in [6, 6.07) is 10.4. The van der Waals surface area contributed by atoms with Crippen molar-refractivity contribution in [3.8, 4) is 0 Å². The van der Waals surface area contributed by atoms with E-state index in [0.29, 0.717) is 0 Å². The third-order valence-electron chi connectivity index (χ3n) is 3.74. The van der Waals surface area contributed by atoms with Crippen molar-refractivity contribution in [1.82, 2.24) is 4.98 Å². The highest BCUT2D eigenvalue weighted by Gasteiger charge is 2.25. The molecular formula is C15H20N2. The Labute approximate surface area is 103 Å². The maximum Gasteiger partial charge on any atom is 0.0705 e. The first kappa shape index (κ1) is 12.1. The summed E-state index contributed by atoms with van der Waals surface area (Å²) in [5.74, 6) is 0. The van der Waals surface area contributed by atoms with Gasteiger partial charge in [0.1, 0.15) is 0 Å². The molecule has 0 bridgehead atoms. The standard InChI is InChI=1S/C15H20N2/c1-4-15(2,3)14(16)12-8-7-11-6-5-9-17-13(11)10-12/h5-10,14H,4,16H2,1-3H3. The van der Waals surface area contributed by atoms with Crippen LogP contribution in [0.3, 0.4) is 0 Å². The predicted octanol–water partition coefficient (Wildman–Crippen LogP) is 3.67. The SMILES string of the molecule is CCC(C)(C)C(N)c1ccc2cccnc2c1. The molecule has 90 valence electrons. The number of benzene rings is 1. The summed E-state index contributed by atoms with van der Waals surface area (Å²) < 4.78 is 0. The molecule has 0 saturated carbocycles. The summed E-state index contributed by atoms with van der Waals surface area (Å²) >= 11 is 0. The average Bonchev–Trinajstić information content (AvgIpc) is 2.37. The van der Waals surface area contributed by atoms with Crippen molar-refractivity contribution >= 4 is 10.9 Å². The fourth-order valence-corrected chi connectivity index (χ4v) is 1.95. The van der Waals surface area contributed by atoms with Gasteiger partial charge in [0, 0.05) is 17.6 Å². The molecule has 0 spiro atoms. The molecule has 2 rings (SSSR count). The van der Waals surface area contributed by atoms with Crippen molar-refractivity contribution in [3.63, 3.8) is 0 Å². The van der Waals surface area contributed by atoms with Gasteiger partial charge in [-0.3, -0.25) is 4.98 Å². The molecule has 0 aliphatic carbocycles. The Hall–Kier alpha value is -1.41. The van der Waals surface area contributed by atoms with E-state index in [1.807, 2.05) is 12.3 Å². The second kappa shape index (κ2) is 4.46. The van der Waals surface area contributed by atoms with Crippen LogP contribution in [0.15, 0.2) is 36.5 Å². The molecule has 0 aliphatic heterocycles. The number of nitrogens with two attached hydrogens (primary N) is 1. The van der Waals surface area contributed by atoms with Crippen molar-refractivity contribution in [2.45, 2.75) is 33.2 Å². The maximum atomic E-state index is 6.35. The number of rotatable bonds is 3. The first-order chi connectivity index (χ1) is 8.04. The summed E-state index contributed by atoms with van der Waals surface area (Å²) in [7, 11) is 0. The van der Waals surface area contributed by atoms with Gasteiger partial charge in [-0.15, -0.1) is 0 Å². The highest BCUT2D eigenvalue weighted by atomic mass is 14.7. The van der Waals surface area contributed by atoms with Crippen LogP contribution in [0.1, 0.15) is 38.8 Å². The van der Waals surface area contributed by atoms with Crippen LogP contribution in [0.4, 0.5) is 0 Å². The van der Waals surface area contributed by atoms with Crippen LogP contribution in [0.5, 0.6) is 0 Å². The first-order valence-electron chi connectivity index (χ1n) is 6.15. The predicted molar refractivity (Wildman–Crippen MR) is 72.7 cm³/mol. The lowest BCUT2D eigenvalue weighted by Crippen LogP contribution is -2.28. The molecule has 2 nitrogen and oxygen atoms in total. The van der Waals surface area contributed by atoms with Crippen molar-refractivity contribution in [3.05, 3.63) is 42.1 Å². The first-order valence-corrected chi connectivity index (χ1v) is 6.15. The third kappa shape index (κ3) is 2.32. The fraction of sp³-hybridized carbons (Fsp3) is 0.400. The molecule has 0 saturated heterocycles. The van der Waals surface area contributed by atoms with E-state index in [1.54, 1.807) is 0 Å². The zero-order valence-electron chi connectivity index (χ0n) is 10.8. The van der Waals surface area contributed by atoms with Crippen molar-refractivity contribution in [2.24, 2.45) is 11.1 Å². The van der Waals surface area contributed by atoms with E-state index in [1.165, 1.54) is 5.56 Å². The zero-order valence-corrected chi connectivity index (χ0v) is 10.8. The summed E-state index contributed by atoms with van der Waals surface area (Å²) in [4.78, 5) is 4.38. The van der Waals surface area contributed by atoms with Gasteiger partial charge < -0.3 is 5.73 Å². The molecule has 2 heteroatoms. The van der Waals surface area contributed by atoms with E-state index in [2.05, 4.69) is 50.0 Å². The second-order valence-corrected chi connectivity index (χ2v) is 5.28. The number of pyridine rings is 1. The molecule has 1 heterocycles. The molecular weight excluding hydrogens is 208 g/mol. The van der Waals surface area contributed by atoms with E-state index in [-0.39, 0.29) is 11.5 Å². The Bertz CT molecular complexity index is 517. The molecule has 0 aliphatic rings. The quantitative estimate of drug-likeness (QED) is 0.870.